The first kappa shape index (κ1) is 21.5. The normalized spacial score (nSPS) is 15.0. The van der Waals surface area contributed by atoms with Crippen molar-refractivity contribution >= 4 is 6.41 Å². The van der Waals surface area contributed by atoms with Crippen molar-refractivity contribution in [1.82, 2.24) is 10.5 Å². The van der Waals surface area contributed by atoms with Gasteiger partial charge >= 0.3 is 0 Å². The fourth-order valence-electron chi connectivity index (χ4n) is 3.23. The lowest BCUT2D eigenvalue weighted by Crippen LogP contribution is -2.21. The third-order valence-corrected chi connectivity index (χ3v) is 4.51. The fraction of sp³-hybridized carbons (Fsp3) is 0.789. The van der Waals surface area contributed by atoms with Gasteiger partial charge in [0.2, 0.25) is 6.41 Å². The van der Waals surface area contributed by atoms with E-state index in [9.17, 15) is 4.79 Å². The highest BCUT2D eigenvalue weighted by Gasteiger charge is 2.27. The van der Waals surface area contributed by atoms with Crippen LogP contribution in [0.15, 0.2) is 10.6 Å². The van der Waals surface area contributed by atoms with Crippen LogP contribution in [0.3, 0.4) is 0 Å². The number of hydrogen-bond donors (Lipinski definition) is 1. The molecule has 0 aromatic carbocycles. The van der Waals surface area contributed by atoms with Gasteiger partial charge in [-0.3, -0.25) is 4.79 Å². The summed E-state index contributed by atoms with van der Waals surface area (Å²) in [5.74, 6) is 2.52. The van der Waals surface area contributed by atoms with Gasteiger partial charge in [0.25, 0.3) is 5.88 Å². The SMILES string of the molecule is CCOC(CC)COc1cc(C(C(C)C)C(C)CCCNC=O)on1. The number of nitrogens with one attached hydrogen (secondary N) is 1. The molecule has 0 fully saturated rings. The van der Waals surface area contributed by atoms with Crippen LogP contribution in [-0.2, 0) is 9.53 Å². The van der Waals surface area contributed by atoms with Crippen molar-refractivity contribution in [2.24, 2.45) is 11.8 Å². The maximum Gasteiger partial charge on any atom is 0.254 e. The van der Waals surface area contributed by atoms with Crippen LogP contribution in [0.2, 0.25) is 0 Å². The van der Waals surface area contributed by atoms with Crippen LogP contribution in [0.1, 0.15) is 65.6 Å². The molecular formula is C19H34N2O4. The van der Waals surface area contributed by atoms with Gasteiger partial charge in [-0.25, -0.2) is 0 Å². The van der Waals surface area contributed by atoms with Crippen LogP contribution < -0.4 is 10.1 Å². The number of aromatic nitrogens is 1. The second-order valence-electron chi connectivity index (χ2n) is 6.83. The van der Waals surface area contributed by atoms with Crippen molar-refractivity contribution in [3.63, 3.8) is 0 Å². The van der Waals surface area contributed by atoms with Crippen molar-refractivity contribution in [3.05, 3.63) is 11.8 Å². The van der Waals surface area contributed by atoms with Gasteiger partial charge in [-0.15, -0.1) is 0 Å². The molecule has 1 heterocycles. The predicted octanol–water partition coefficient (Wildman–Crippen LogP) is 3.77. The minimum atomic E-state index is 0.0790. The average molecular weight is 354 g/mol. The van der Waals surface area contributed by atoms with Crippen LogP contribution >= 0.6 is 0 Å². The van der Waals surface area contributed by atoms with E-state index >= 15 is 0 Å². The van der Waals surface area contributed by atoms with Crippen LogP contribution in [-0.4, -0.2) is 37.4 Å². The van der Waals surface area contributed by atoms with Crippen LogP contribution in [0.25, 0.3) is 0 Å². The zero-order valence-electron chi connectivity index (χ0n) is 16.3. The minimum Gasteiger partial charge on any atom is -0.473 e. The molecule has 0 aliphatic rings. The molecular weight excluding hydrogens is 320 g/mol. The lowest BCUT2D eigenvalue weighted by molar-refractivity contribution is -0.109. The molecule has 1 aromatic rings. The molecule has 3 atom stereocenters. The molecule has 3 unspecified atom stereocenters. The van der Waals surface area contributed by atoms with Gasteiger partial charge in [-0.2, -0.15) is 0 Å². The summed E-state index contributed by atoms with van der Waals surface area (Å²) in [5, 5.41) is 6.78. The number of amides is 1. The Hall–Kier alpha value is -1.56. The monoisotopic (exact) mass is 354 g/mol. The summed E-state index contributed by atoms with van der Waals surface area (Å²) in [5.41, 5.74) is 0. The van der Waals surface area contributed by atoms with Crippen molar-refractivity contribution < 1.29 is 18.8 Å². The van der Waals surface area contributed by atoms with E-state index in [1.54, 1.807) is 0 Å². The number of carbonyl (C=O) groups excluding carboxylic acids is 1. The maximum atomic E-state index is 10.3. The van der Waals surface area contributed by atoms with Crippen molar-refractivity contribution in [2.75, 3.05) is 19.8 Å². The number of ether oxygens (including phenoxy) is 2. The quantitative estimate of drug-likeness (QED) is 0.407. The predicted molar refractivity (Wildman–Crippen MR) is 97.7 cm³/mol. The van der Waals surface area contributed by atoms with Gasteiger partial charge in [-0.1, -0.05) is 27.7 Å². The maximum absolute atomic E-state index is 10.3. The largest absolute Gasteiger partial charge is 0.473 e. The fourth-order valence-corrected chi connectivity index (χ4v) is 3.23. The van der Waals surface area contributed by atoms with E-state index in [0.29, 0.717) is 37.5 Å². The summed E-state index contributed by atoms with van der Waals surface area (Å²) >= 11 is 0. The smallest absolute Gasteiger partial charge is 0.254 e. The molecule has 6 heteroatoms. The molecule has 1 amide bonds. The van der Waals surface area contributed by atoms with Crippen LogP contribution in [0.4, 0.5) is 0 Å². The van der Waals surface area contributed by atoms with Gasteiger partial charge in [0.05, 0.1) is 6.10 Å². The number of rotatable bonds is 14. The molecule has 0 aliphatic heterocycles. The molecule has 0 radical (unpaired) electrons. The number of hydrogen-bond acceptors (Lipinski definition) is 5. The standard InChI is InChI=1S/C19H34N2O4/c1-6-16(23-7-2)12-24-18-11-17(25-21-18)19(14(3)4)15(5)9-8-10-20-13-22/h11,13-16,19H,6-10,12H2,1-5H3,(H,20,22). The summed E-state index contributed by atoms with van der Waals surface area (Å²) in [6.45, 7) is 12.5. The number of nitrogens with zero attached hydrogens (tertiary/aromatic N) is 1. The lowest BCUT2D eigenvalue weighted by Gasteiger charge is -2.25. The Morgan fingerprint density at radius 3 is 2.68 bits per heavy atom. The Labute approximate surface area is 151 Å². The molecule has 0 saturated heterocycles. The van der Waals surface area contributed by atoms with Gasteiger partial charge < -0.3 is 19.3 Å². The topological polar surface area (TPSA) is 73.6 Å². The molecule has 1 N–H and O–H groups in total. The third-order valence-electron chi connectivity index (χ3n) is 4.51. The van der Waals surface area contributed by atoms with E-state index in [0.717, 1.165) is 31.4 Å². The molecule has 0 spiro atoms. The summed E-state index contributed by atoms with van der Waals surface area (Å²) < 4.78 is 16.9. The van der Waals surface area contributed by atoms with E-state index in [2.05, 4.69) is 38.2 Å². The first-order valence-electron chi connectivity index (χ1n) is 9.41. The Kier molecular flexibility index (Phi) is 10.2. The summed E-state index contributed by atoms with van der Waals surface area (Å²) in [7, 11) is 0. The van der Waals surface area contributed by atoms with E-state index in [4.69, 9.17) is 14.0 Å². The molecule has 1 rings (SSSR count). The zero-order chi connectivity index (χ0) is 18.7. The Morgan fingerprint density at radius 2 is 2.08 bits per heavy atom. The van der Waals surface area contributed by atoms with Gasteiger partial charge in [0.1, 0.15) is 12.4 Å². The van der Waals surface area contributed by atoms with Gasteiger partial charge in [-0.05, 0) is 43.2 Å². The third kappa shape index (κ3) is 7.46. The van der Waals surface area contributed by atoms with E-state index < -0.39 is 0 Å². The van der Waals surface area contributed by atoms with Crippen molar-refractivity contribution in [3.8, 4) is 5.88 Å². The van der Waals surface area contributed by atoms with Crippen molar-refractivity contribution in [2.45, 2.75) is 65.9 Å². The minimum absolute atomic E-state index is 0.0790. The highest BCUT2D eigenvalue weighted by molar-refractivity contribution is 5.45. The molecule has 6 nitrogen and oxygen atoms in total. The number of carbonyl (C=O) groups is 1. The highest BCUT2D eigenvalue weighted by atomic mass is 16.6. The molecule has 0 aliphatic carbocycles. The Morgan fingerprint density at radius 1 is 1.32 bits per heavy atom. The molecule has 0 saturated carbocycles. The van der Waals surface area contributed by atoms with E-state index in [1.807, 2.05) is 13.0 Å². The van der Waals surface area contributed by atoms with E-state index in [1.165, 1.54) is 0 Å². The van der Waals surface area contributed by atoms with E-state index in [-0.39, 0.29) is 12.0 Å². The summed E-state index contributed by atoms with van der Waals surface area (Å²) in [6, 6.07) is 1.91. The first-order valence-corrected chi connectivity index (χ1v) is 9.41. The summed E-state index contributed by atoms with van der Waals surface area (Å²) in [4.78, 5) is 10.3. The van der Waals surface area contributed by atoms with Gasteiger partial charge in [0.15, 0.2) is 0 Å². The van der Waals surface area contributed by atoms with Gasteiger partial charge in [0, 0.05) is 25.1 Å². The van der Waals surface area contributed by atoms with Crippen LogP contribution in [0, 0.1) is 11.8 Å². The molecule has 0 bridgehead atoms. The Balaban J connectivity index is 2.62. The Bertz CT molecular complexity index is 476. The molecule has 1 aromatic heterocycles. The summed E-state index contributed by atoms with van der Waals surface area (Å²) in [6.07, 6.45) is 3.70. The molecule has 144 valence electrons. The average Bonchev–Trinajstić information content (AvgIpc) is 3.03. The zero-order valence-corrected chi connectivity index (χ0v) is 16.3. The second-order valence-corrected chi connectivity index (χ2v) is 6.83. The lowest BCUT2D eigenvalue weighted by atomic mass is 9.80. The second kappa shape index (κ2) is 11.9. The van der Waals surface area contributed by atoms with Crippen molar-refractivity contribution in [1.29, 1.82) is 0 Å². The first-order chi connectivity index (χ1) is 12.0. The van der Waals surface area contributed by atoms with Crippen LogP contribution in [0.5, 0.6) is 5.88 Å². The molecule has 25 heavy (non-hydrogen) atoms. The highest BCUT2D eigenvalue weighted by Crippen LogP contribution is 2.35.